The molecule has 0 unspecified atom stereocenters. The predicted molar refractivity (Wildman–Crippen MR) is 149 cm³/mol. The van der Waals surface area contributed by atoms with E-state index in [2.05, 4.69) is 4.99 Å². The van der Waals surface area contributed by atoms with Gasteiger partial charge in [-0.3, -0.25) is 14.2 Å². The molecule has 1 aromatic carbocycles. The zero-order valence-corrected chi connectivity index (χ0v) is 23.6. The van der Waals surface area contributed by atoms with Crippen molar-refractivity contribution in [1.82, 2.24) is 9.47 Å². The quantitative estimate of drug-likeness (QED) is 0.388. The molecule has 1 saturated heterocycles. The van der Waals surface area contributed by atoms with E-state index in [0.29, 0.717) is 32.1 Å². The van der Waals surface area contributed by atoms with E-state index in [0.717, 1.165) is 36.4 Å². The molecule has 1 atom stereocenters. The Hall–Kier alpha value is -3.70. The van der Waals surface area contributed by atoms with Crippen LogP contribution in [0.3, 0.4) is 0 Å². The van der Waals surface area contributed by atoms with Crippen molar-refractivity contribution in [2.75, 3.05) is 33.4 Å². The summed E-state index contributed by atoms with van der Waals surface area (Å²) in [5.41, 5.74) is 1.38. The Bertz CT molecular complexity index is 1600. The van der Waals surface area contributed by atoms with Gasteiger partial charge in [0.1, 0.15) is 6.04 Å². The van der Waals surface area contributed by atoms with E-state index in [-0.39, 0.29) is 24.7 Å². The van der Waals surface area contributed by atoms with Crippen LogP contribution in [-0.4, -0.2) is 54.8 Å². The molecular weight excluding hydrogens is 538 g/mol. The second-order valence-electron chi connectivity index (χ2n) is 9.10. The van der Waals surface area contributed by atoms with Gasteiger partial charge in [-0.25, -0.2) is 9.79 Å². The van der Waals surface area contributed by atoms with E-state index >= 15 is 0 Å². The Morgan fingerprint density at radius 2 is 1.97 bits per heavy atom. The lowest BCUT2D eigenvalue weighted by Gasteiger charge is -2.23. The van der Waals surface area contributed by atoms with Crippen molar-refractivity contribution in [3.63, 3.8) is 0 Å². The number of rotatable bonds is 8. The summed E-state index contributed by atoms with van der Waals surface area (Å²) in [4.78, 5) is 46.7. The topological polar surface area (TPSA) is 99.4 Å². The Morgan fingerprint density at radius 1 is 1.18 bits per heavy atom. The molecule has 0 aliphatic carbocycles. The van der Waals surface area contributed by atoms with E-state index in [1.54, 1.807) is 41.5 Å². The van der Waals surface area contributed by atoms with Gasteiger partial charge in [0.25, 0.3) is 11.5 Å². The molecule has 4 heterocycles. The number of benzene rings is 1. The number of hydrogen-bond acceptors (Lipinski definition) is 9. The summed E-state index contributed by atoms with van der Waals surface area (Å²) in [6.07, 6.45) is 3.81. The molecular formula is C28H29N3O6S2. The third-order valence-electron chi connectivity index (χ3n) is 6.63. The highest BCUT2D eigenvalue weighted by Crippen LogP contribution is 2.33. The molecule has 11 heteroatoms. The molecule has 0 N–H and O–H groups in total. The van der Waals surface area contributed by atoms with Crippen molar-refractivity contribution < 1.29 is 23.8 Å². The summed E-state index contributed by atoms with van der Waals surface area (Å²) in [6.45, 7) is 5.22. The summed E-state index contributed by atoms with van der Waals surface area (Å²) in [7, 11) is 1.53. The number of esters is 1. The fourth-order valence-corrected chi connectivity index (χ4v) is 6.62. The van der Waals surface area contributed by atoms with Crippen molar-refractivity contribution in [2.45, 2.75) is 32.7 Å². The third-order valence-corrected chi connectivity index (χ3v) is 8.53. The highest BCUT2D eigenvalue weighted by molar-refractivity contribution is 7.10. The van der Waals surface area contributed by atoms with Gasteiger partial charge >= 0.3 is 5.97 Å². The normalized spacial score (nSPS) is 17.2. The minimum Gasteiger partial charge on any atom is -0.493 e. The van der Waals surface area contributed by atoms with E-state index < -0.39 is 12.0 Å². The number of ether oxygens (including phenoxy) is 3. The van der Waals surface area contributed by atoms with Crippen molar-refractivity contribution in [3.05, 3.63) is 77.1 Å². The van der Waals surface area contributed by atoms with Gasteiger partial charge in [-0.05, 0) is 61.9 Å². The summed E-state index contributed by atoms with van der Waals surface area (Å²) in [6, 6.07) is 8.49. The lowest BCUT2D eigenvalue weighted by atomic mass is 10.0. The monoisotopic (exact) mass is 567 g/mol. The first-order valence-corrected chi connectivity index (χ1v) is 14.4. The molecule has 0 bridgehead atoms. The van der Waals surface area contributed by atoms with Gasteiger partial charge in [0.05, 0.1) is 29.5 Å². The number of amides is 1. The van der Waals surface area contributed by atoms with Crippen LogP contribution in [0.5, 0.6) is 11.5 Å². The summed E-state index contributed by atoms with van der Waals surface area (Å²) in [5.74, 6) is 0.395. The Kier molecular flexibility index (Phi) is 7.99. The first-order valence-electron chi connectivity index (χ1n) is 12.7. The molecule has 3 aromatic rings. The predicted octanol–water partition coefficient (Wildman–Crippen LogP) is 2.87. The molecule has 1 amide bonds. The van der Waals surface area contributed by atoms with Gasteiger partial charge in [-0.1, -0.05) is 23.5 Å². The lowest BCUT2D eigenvalue weighted by molar-refractivity contribution is -0.139. The fourth-order valence-electron chi connectivity index (χ4n) is 4.75. The molecule has 1 fully saturated rings. The van der Waals surface area contributed by atoms with Crippen LogP contribution >= 0.6 is 22.7 Å². The summed E-state index contributed by atoms with van der Waals surface area (Å²) in [5, 5.41) is 1.91. The number of methoxy groups -OCH3 is 1. The van der Waals surface area contributed by atoms with E-state index in [1.165, 1.54) is 29.8 Å². The van der Waals surface area contributed by atoms with Crippen LogP contribution in [-0.2, 0) is 14.3 Å². The summed E-state index contributed by atoms with van der Waals surface area (Å²) < 4.78 is 18.6. The second kappa shape index (κ2) is 11.6. The largest absolute Gasteiger partial charge is 0.493 e. The molecule has 0 radical (unpaired) electrons. The second-order valence-corrected chi connectivity index (χ2v) is 11.1. The smallest absolute Gasteiger partial charge is 0.338 e. The van der Waals surface area contributed by atoms with Gasteiger partial charge < -0.3 is 19.1 Å². The molecule has 5 rings (SSSR count). The van der Waals surface area contributed by atoms with Crippen LogP contribution in [0.2, 0.25) is 0 Å². The van der Waals surface area contributed by atoms with E-state index in [9.17, 15) is 14.4 Å². The van der Waals surface area contributed by atoms with Crippen LogP contribution in [0.15, 0.2) is 56.8 Å². The van der Waals surface area contributed by atoms with Crippen molar-refractivity contribution in [3.8, 4) is 11.5 Å². The Balaban J connectivity index is 1.48. The minimum absolute atomic E-state index is 0.0440. The van der Waals surface area contributed by atoms with Gasteiger partial charge in [-0.2, -0.15) is 0 Å². The summed E-state index contributed by atoms with van der Waals surface area (Å²) >= 11 is 2.73. The van der Waals surface area contributed by atoms with E-state index in [4.69, 9.17) is 14.2 Å². The molecule has 204 valence electrons. The van der Waals surface area contributed by atoms with Crippen LogP contribution in [0.4, 0.5) is 0 Å². The molecule has 2 aromatic heterocycles. The molecule has 2 aliphatic heterocycles. The SMILES string of the molecule is CCOC(=O)C1=C(C)N=c2s/c(=C/c3ccc(OCC(=O)N4CCCC4)c(OC)c3)c(=O)n2[C@H]1c1cccs1. The average molecular weight is 568 g/mol. The number of aromatic nitrogens is 1. The first kappa shape index (κ1) is 26.9. The third kappa shape index (κ3) is 5.41. The molecule has 39 heavy (non-hydrogen) atoms. The maximum Gasteiger partial charge on any atom is 0.338 e. The number of thiazole rings is 1. The Morgan fingerprint density at radius 3 is 2.67 bits per heavy atom. The standard InChI is InChI=1S/C28H29N3O6S2/c1-4-36-27(34)24-17(2)29-28-31(25(24)21-8-7-13-38-21)26(33)22(39-28)15-18-9-10-19(20(14-18)35-3)37-16-23(32)30-11-5-6-12-30/h7-10,13-15,25H,4-6,11-12,16H2,1-3H3/b22-15+/t25-/m0/s1. The zero-order chi connectivity index (χ0) is 27.5. The van der Waals surface area contributed by atoms with Crippen molar-refractivity contribution in [1.29, 1.82) is 0 Å². The number of allylic oxidation sites excluding steroid dienone is 1. The number of thiophene rings is 1. The number of likely N-dealkylation sites (tertiary alicyclic amines) is 1. The number of fused-ring (bicyclic) bond motifs is 1. The maximum atomic E-state index is 13.7. The first-order chi connectivity index (χ1) is 18.9. The van der Waals surface area contributed by atoms with Crippen molar-refractivity contribution >= 4 is 40.6 Å². The van der Waals surface area contributed by atoms with E-state index in [1.807, 2.05) is 23.6 Å². The fraction of sp³-hybridized carbons (Fsp3) is 0.357. The molecule has 0 spiro atoms. The Labute approximate surface area is 233 Å². The average Bonchev–Trinajstić information content (AvgIpc) is 3.70. The molecule has 9 nitrogen and oxygen atoms in total. The van der Waals surface area contributed by atoms with Gasteiger partial charge in [-0.15, -0.1) is 11.3 Å². The van der Waals surface area contributed by atoms with Gasteiger partial charge in [0.2, 0.25) is 0 Å². The van der Waals surface area contributed by atoms with Crippen LogP contribution in [0.1, 0.15) is 43.2 Å². The molecule has 0 saturated carbocycles. The number of carbonyl (C=O) groups excluding carboxylic acids is 2. The number of carbonyl (C=O) groups is 2. The highest BCUT2D eigenvalue weighted by atomic mass is 32.1. The van der Waals surface area contributed by atoms with Gasteiger partial charge in [0, 0.05) is 18.0 Å². The number of nitrogens with zero attached hydrogens (tertiary/aromatic N) is 3. The van der Waals surface area contributed by atoms with Gasteiger partial charge in [0.15, 0.2) is 22.9 Å². The highest BCUT2D eigenvalue weighted by Gasteiger charge is 2.33. The van der Waals surface area contributed by atoms with Crippen LogP contribution in [0, 0.1) is 0 Å². The number of hydrogen-bond donors (Lipinski definition) is 0. The van der Waals surface area contributed by atoms with Crippen LogP contribution < -0.4 is 24.4 Å². The molecule has 2 aliphatic rings. The zero-order valence-electron chi connectivity index (χ0n) is 22.0. The lowest BCUT2D eigenvalue weighted by Crippen LogP contribution is -2.39. The van der Waals surface area contributed by atoms with Crippen LogP contribution in [0.25, 0.3) is 6.08 Å². The minimum atomic E-state index is -0.610. The maximum absolute atomic E-state index is 13.7. The van der Waals surface area contributed by atoms with Crippen molar-refractivity contribution in [2.24, 2.45) is 4.99 Å².